The van der Waals surface area contributed by atoms with E-state index in [1.807, 2.05) is 12.1 Å². The molecule has 0 bridgehead atoms. The van der Waals surface area contributed by atoms with Crippen molar-refractivity contribution in [2.75, 3.05) is 18.4 Å². The van der Waals surface area contributed by atoms with Gasteiger partial charge >= 0.3 is 6.18 Å². The highest BCUT2D eigenvalue weighted by Gasteiger charge is 2.31. The molecule has 156 valence electrons. The molecular formula is C24H23F3N2O. The zero-order valence-electron chi connectivity index (χ0n) is 16.5. The number of carbonyl (C=O) groups is 1. The van der Waals surface area contributed by atoms with Crippen molar-refractivity contribution >= 4 is 22.4 Å². The first-order chi connectivity index (χ1) is 14.4. The highest BCUT2D eigenvalue weighted by atomic mass is 19.4. The zero-order valence-corrected chi connectivity index (χ0v) is 16.5. The number of halogens is 3. The first-order valence-electron chi connectivity index (χ1n) is 10.1. The number of benzene rings is 3. The number of anilines is 1. The van der Waals surface area contributed by atoms with Crippen molar-refractivity contribution in [2.24, 2.45) is 5.92 Å². The Morgan fingerprint density at radius 2 is 1.67 bits per heavy atom. The minimum atomic E-state index is -4.42. The fraction of sp³-hybridized carbons (Fsp3) is 0.292. The third kappa shape index (κ3) is 4.65. The molecular weight excluding hydrogens is 389 g/mol. The second kappa shape index (κ2) is 8.48. The van der Waals surface area contributed by atoms with Gasteiger partial charge in [-0.1, -0.05) is 48.5 Å². The smallest absolute Gasteiger partial charge is 0.326 e. The number of amides is 1. The summed E-state index contributed by atoms with van der Waals surface area (Å²) in [6.45, 7) is 2.39. The summed E-state index contributed by atoms with van der Waals surface area (Å²) in [7, 11) is 0. The summed E-state index contributed by atoms with van der Waals surface area (Å²) < 4.78 is 38.6. The summed E-state index contributed by atoms with van der Waals surface area (Å²) >= 11 is 0. The Morgan fingerprint density at radius 1 is 0.967 bits per heavy atom. The van der Waals surface area contributed by atoms with E-state index in [2.05, 4.69) is 40.5 Å². The number of alkyl halides is 3. The molecule has 0 saturated carbocycles. The maximum absolute atomic E-state index is 12.9. The van der Waals surface area contributed by atoms with Crippen molar-refractivity contribution in [1.82, 2.24) is 4.90 Å². The number of rotatable bonds is 4. The summed E-state index contributed by atoms with van der Waals surface area (Å²) in [5, 5.41) is 5.11. The van der Waals surface area contributed by atoms with E-state index in [1.165, 1.54) is 28.5 Å². The molecule has 30 heavy (non-hydrogen) atoms. The zero-order chi connectivity index (χ0) is 21.1. The van der Waals surface area contributed by atoms with E-state index in [1.54, 1.807) is 0 Å². The minimum absolute atomic E-state index is 0.188. The number of fused-ring (bicyclic) bond motifs is 1. The molecule has 0 aliphatic carbocycles. The maximum Gasteiger partial charge on any atom is 0.416 e. The van der Waals surface area contributed by atoms with Gasteiger partial charge in [0.05, 0.1) is 5.56 Å². The second-order valence-electron chi connectivity index (χ2n) is 7.76. The molecule has 3 nitrogen and oxygen atoms in total. The van der Waals surface area contributed by atoms with Gasteiger partial charge in [-0.25, -0.2) is 0 Å². The van der Waals surface area contributed by atoms with Crippen LogP contribution in [0, 0.1) is 5.92 Å². The van der Waals surface area contributed by atoms with E-state index >= 15 is 0 Å². The number of hydrogen-bond acceptors (Lipinski definition) is 2. The molecule has 0 unspecified atom stereocenters. The normalized spacial score (nSPS) is 16.0. The molecule has 6 heteroatoms. The molecule has 1 fully saturated rings. The van der Waals surface area contributed by atoms with Crippen molar-refractivity contribution in [1.29, 1.82) is 0 Å². The van der Waals surface area contributed by atoms with Crippen molar-refractivity contribution in [3.05, 3.63) is 77.9 Å². The number of carbonyl (C=O) groups excluding carboxylic acids is 1. The van der Waals surface area contributed by atoms with Crippen molar-refractivity contribution in [3.8, 4) is 0 Å². The third-order valence-corrected chi connectivity index (χ3v) is 5.69. The van der Waals surface area contributed by atoms with Gasteiger partial charge in [-0.05, 0) is 60.5 Å². The van der Waals surface area contributed by atoms with E-state index in [0.29, 0.717) is 12.8 Å². The van der Waals surface area contributed by atoms with E-state index in [4.69, 9.17) is 0 Å². The lowest BCUT2D eigenvalue weighted by atomic mass is 9.95. The molecule has 0 radical (unpaired) electrons. The number of nitrogens with zero attached hydrogens (tertiary/aromatic N) is 1. The van der Waals surface area contributed by atoms with Crippen LogP contribution in [0.25, 0.3) is 10.8 Å². The highest BCUT2D eigenvalue weighted by Crippen LogP contribution is 2.31. The topological polar surface area (TPSA) is 32.3 Å². The van der Waals surface area contributed by atoms with E-state index < -0.39 is 11.7 Å². The van der Waals surface area contributed by atoms with Gasteiger partial charge in [-0.2, -0.15) is 13.2 Å². The Labute approximate surface area is 173 Å². The lowest BCUT2D eigenvalue weighted by Gasteiger charge is -2.31. The molecule has 1 aliphatic heterocycles. The summed E-state index contributed by atoms with van der Waals surface area (Å²) in [6, 6.07) is 19.4. The van der Waals surface area contributed by atoms with Crippen molar-refractivity contribution in [3.63, 3.8) is 0 Å². The third-order valence-electron chi connectivity index (χ3n) is 5.69. The van der Waals surface area contributed by atoms with E-state index in [-0.39, 0.29) is 17.5 Å². The molecule has 1 amide bonds. The number of likely N-dealkylation sites (tertiary alicyclic amines) is 1. The molecule has 1 aliphatic rings. The Hall–Kier alpha value is -2.86. The Balaban J connectivity index is 1.35. The monoisotopic (exact) mass is 412 g/mol. The Bertz CT molecular complexity index is 1030. The van der Waals surface area contributed by atoms with Crippen LogP contribution in [0.2, 0.25) is 0 Å². The molecule has 4 rings (SSSR count). The molecule has 0 atom stereocenters. The van der Waals surface area contributed by atoms with Gasteiger partial charge in [0.15, 0.2) is 0 Å². The molecule has 0 aromatic heterocycles. The number of hydrogen-bond donors (Lipinski definition) is 1. The standard InChI is InChI=1S/C24H23F3N2O/c25-24(26,27)20-8-4-9-21(15-20)28-23(30)18-11-13-29(14-12-18)16-19-7-3-6-17-5-1-2-10-22(17)19/h1-10,15,18H,11-14,16H2,(H,28,30). The Kier molecular flexibility index (Phi) is 5.77. The molecule has 1 N–H and O–H groups in total. The summed E-state index contributed by atoms with van der Waals surface area (Å²) in [6.07, 6.45) is -3.04. The van der Waals surface area contributed by atoms with Crippen LogP contribution in [0.1, 0.15) is 24.0 Å². The molecule has 3 aromatic carbocycles. The molecule has 1 saturated heterocycles. The minimum Gasteiger partial charge on any atom is -0.326 e. The average Bonchev–Trinajstić information content (AvgIpc) is 2.74. The fourth-order valence-electron chi connectivity index (χ4n) is 4.04. The van der Waals surface area contributed by atoms with E-state index in [9.17, 15) is 18.0 Å². The van der Waals surface area contributed by atoms with Crippen LogP contribution in [0.3, 0.4) is 0 Å². The van der Waals surface area contributed by atoms with E-state index in [0.717, 1.165) is 31.8 Å². The van der Waals surface area contributed by atoms with Crippen LogP contribution in [0.4, 0.5) is 18.9 Å². The Morgan fingerprint density at radius 3 is 2.43 bits per heavy atom. The van der Waals surface area contributed by atoms with Crippen LogP contribution in [-0.2, 0) is 17.5 Å². The largest absolute Gasteiger partial charge is 0.416 e. The predicted molar refractivity (Wildman–Crippen MR) is 112 cm³/mol. The summed E-state index contributed by atoms with van der Waals surface area (Å²) in [4.78, 5) is 14.9. The highest BCUT2D eigenvalue weighted by molar-refractivity contribution is 5.92. The predicted octanol–water partition coefficient (Wildman–Crippen LogP) is 5.71. The maximum atomic E-state index is 12.9. The molecule has 1 heterocycles. The van der Waals surface area contributed by atoms with Gasteiger partial charge < -0.3 is 5.32 Å². The van der Waals surface area contributed by atoms with Gasteiger partial charge in [0, 0.05) is 18.2 Å². The van der Waals surface area contributed by atoms with Crippen LogP contribution in [0.5, 0.6) is 0 Å². The quantitative estimate of drug-likeness (QED) is 0.595. The molecule has 0 spiro atoms. The second-order valence-corrected chi connectivity index (χ2v) is 7.76. The fourth-order valence-corrected chi connectivity index (χ4v) is 4.04. The number of piperidine rings is 1. The van der Waals surface area contributed by atoms with Crippen LogP contribution < -0.4 is 5.32 Å². The van der Waals surface area contributed by atoms with Gasteiger partial charge in [-0.3, -0.25) is 9.69 Å². The average molecular weight is 412 g/mol. The summed E-state index contributed by atoms with van der Waals surface area (Å²) in [5.74, 6) is -0.401. The lowest BCUT2D eigenvalue weighted by molar-refractivity contribution is -0.137. The lowest BCUT2D eigenvalue weighted by Crippen LogP contribution is -2.37. The van der Waals surface area contributed by atoms with Gasteiger partial charge in [0.25, 0.3) is 0 Å². The van der Waals surface area contributed by atoms with Gasteiger partial charge in [0.2, 0.25) is 5.91 Å². The van der Waals surface area contributed by atoms with Crippen LogP contribution in [-0.4, -0.2) is 23.9 Å². The summed E-state index contributed by atoms with van der Waals surface area (Å²) in [5.41, 5.74) is 0.693. The SMILES string of the molecule is O=C(Nc1cccc(C(F)(F)F)c1)C1CCN(Cc2cccc3ccccc23)CC1. The van der Waals surface area contributed by atoms with Crippen LogP contribution >= 0.6 is 0 Å². The first kappa shape index (κ1) is 20.4. The first-order valence-corrected chi connectivity index (χ1v) is 10.1. The van der Waals surface area contributed by atoms with Gasteiger partial charge in [0.1, 0.15) is 0 Å². The van der Waals surface area contributed by atoms with Crippen LogP contribution in [0.15, 0.2) is 66.7 Å². The van der Waals surface area contributed by atoms with Gasteiger partial charge in [-0.15, -0.1) is 0 Å². The van der Waals surface area contributed by atoms with Crippen molar-refractivity contribution in [2.45, 2.75) is 25.6 Å². The molecule has 3 aromatic rings. The van der Waals surface area contributed by atoms with Crippen molar-refractivity contribution < 1.29 is 18.0 Å². The number of nitrogens with one attached hydrogen (secondary N) is 1.